The number of nitro groups is 2. The standard InChI is InChI=1S/C8H7N3O4/c12-10(13)8(11(14)15)5-6-3-1-2-4-7(6)9-8/h1-4,9H,5H2. The minimum Gasteiger partial charge on any atom is -0.257 e. The molecule has 0 radical (unpaired) electrons. The van der Waals surface area contributed by atoms with E-state index in [2.05, 4.69) is 5.32 Å². The van der Waals surface area contributed by atoms with E-state index in [4.69, 9.17) is 0 Å². The monoisotopic (exact) mass is 209 g/mol. The van der Waals surface area contributed by atoms with Gasteiger partial charge in [0, 0.05) is 0 Å². The number of nitrogens with one attached hydrogen (secondary N) is 1. The fourth-order valence-electron chi connectivity index (χ4n) is 1.61. The predicted molar refractivity (Wildman–Crippen MR) is 50.5 cm³/mol. The maximum atomic E-state index is 10.7. The Hall–Kier alpha value is -2.18. The molecule has 7 nitrogen and oxygen atoms in total. The molecule has 0 amide bonds. The third-order valence-electron chi connectivity index (χ3n) is 2.39. The Balaban J connectivity index is 2.45. The molecule has 15 heavy (non-hydrogen) atoms. The Morgan fingerprint density at radius 2 is 1.80 bits per heavy atom. The molecule has 1 aromatic carbocycles. The smallest absolute Gasteiger partial charge is 0.257 e. The number of nitrogens with zero attached hydrogens (tertiary/aromatic N) is 2. The number of fused-ring (bicyclic) bond motifs is 1. The van der Waals surface area contributed by atoms with E-state index in [1.165, 1.54) is 0 Å². The fraction of sp³-hybridized carbons (Fsp3) is 0.250. The molecule has 0 saturated carbocycles. The maximum Gasteiger partial charge on any atom is 0.545 e. The summed E-state index contributed by atoms with van der Waals surface area (Å²) in [5.74, 6) is -2.30. The number of hydrogen-bond donors (Lipinski definition) is 1. The molecule has 78 valence electrons. The molecule has 2 rings (SSSR count). The first kappa shape index (κ1) is 9.38. The van der Waals surface area contributed by atoms with Gasteiger partial charge in [0.05, 0.1) is 5.69 Å². The lowest BCUT2D eigenvalue weighted by atomic mass is 10.1. The number of hydrogen-bond acceptors (Lipinski definition) is 5. The Morgan fingerprint density at radius 1 is 1.20 bits per heavy atom. The highest BCUT2D eigenvalue weighted by Gasteiger charge is 2.60. The van der Waals surface area contributed by atoms with Crippen molar-refractivity contribution in [1.82, 2.24) is 0 Å². The van der Waals surface area contributed by atoms with E-state index in [1.54, 1.807) is 24.3 Å². The van der Waals surface area contributed by atoms with Crippen LogP contribution < -0.4 is 5.32 Å². The maximum absolute atomic E-state index is 10.7. The Labute approximate surface area is 84.0 Å². The highest BCUT2D eigenvalue weighted by Crippen LogP contribution is 2.32. The van der Waals surface area contributed by atoms with E-state index in [-0.39, 0.29) is 6.42 Å². The zero-order valence-electron chi connectivity index (χ0n) is 7.54. The zero-order chi connectivity index (χ0) is 11.1. The van der Waals surface area contributed by atoms with Crippen LogP contribution in [0.4, 0.5) is 5.69 Å². The van der Waals surface area contributed by atoms with Crippen LogP contribution in [0.2, 0.25) is 0 Å². The fourth-order valence-corrected chi connectivity index (χ4v) is 1.61. The van der Waals surface area contributed by atoms with E-state index in [1.807, 2.05) is 0 Å². The molecule has 0 fully saturated rings. The summed E-state index contributed by atoms with van der Waals surface area (Å²) < 4.78 is 0. The van der Waals surface area contributed by atoms with Gasteiger partial charge in [0.2, 0.25) is 0 Å². The topological polar surface area (TPSA) is 98.3 Å². The molecular weight excluding hydrogens is 202 g/mol. The van der Waals surface area contributed by atoms with Crippen molar-refractivity contribution in [3.63, 3.8) is 0 Å². The molecule has 1 aliphatic heterocycles. The van der Waals surface area contributed by atoms with Gasteiger partial charge in [-0.2, -0.15) is 0 Å². The molecule has 1 N–H and O–H groups in total. The van der Waals surface area contributed by atoms with Gasteiger partial charge in [0.25, 0.3) is 0 Å². The molecule has 0 bridgehead atoms. The second-order valence-corrected chi connectivity index (χ2v) is 3.29. The van der Waals surface area contributed by atoms with Crippen LogP contribution in [0.15, 0.2) is 24.3 Å². The zero-order valence-corrected chi connectivity index (χ0v) is 7.54. The lowest BCUT2D eigenvalue weighted by Crippen LogP contribution is -2.51. The second-order valence-electron chi connectivity index (χ2n) is 3.29. The van der Waals surface area contributed by atoms with Crippen molar-refractivity contribution in [3.8, 4) is 0 Å². The first-order valence-corrected chi connectivity index (χ1v) is 4.21. The molecule has 0 spiro atoms. The third kappa shape index (κ3) is 1.20. The van der Waals surface area contributed by atoms with Crippen LogP contribution in [0.3, 0.4) is 0 Å². The lowest BCUT2D eigenvalue weighted by molar-refractivity contribution is -0.786. The van der Waals surface area contributed by atoms with Crippen LogP contribution in [0, 0.1) is 20.2 Å². The minimum absolute atomic E-state index is 0.233. The van der Waals surface area contributed by atoms with Crippen molar-refractivity contribution in [2.45, 2.75) is 12.2 Å². The summed E-state index contributed by atoms with van der Waals surface area (Å²) >= 11 is 0. The molecule has 0 aliphatic carbocycles. The lowest BCUT2D eigenvalue weighted by Gasteiger charge is -2.10. The van der Waals surface area contributed by atoms with E-state index >= 15 is 0 Å². The molecule has 0 aromatic heterocycles. The largest absolute Gasteiger partial charge is 0.545 e. The molecule has 1 heterocycles. The molecule has 0 atom stereocenters. The summed E-state index contributed by atoms with van der Waals surface area (Å²) in [5.41, 5.74) is 1.04. The van der Waals surface area contributed by atoms with E-state index in [0.29, 0.717) is 11.3 Å². The first-order chi connectivity index (χ1) is 7.06. The van der Waals surface area contributed by atoms with Crippen LogP contribution in [-0.2, 0) is 6.42 Å². The molecule has 1 aliphatic rings. The van der Waals surface area contributed by atoms with E-state index < -0.39 is 15.6 Å². The molecule has 1 aromatic rings. The number of benzene rings is 1. The highest BCUT2D eigenvalue weighted by atomic mass is 16.7. The molecule has 0 saturated heterocycles. The van der Waals surface area contributed by atoms with Crippen molar-refractivity contribution in [3.05, 3.63) is 50.1 Å². The predicted octanol–water partition coefficient (Wildman–Crippen LogP) is 0.862. The first-order valence-electron chi connectivity index (χ1n) is 4.21. The van der Waals surface area contributed by atoms with Crippen LogP contribution >= 0.6 is 0 Å². The molecule has 0 unspecified atom stereocenters. The molecule has 7 heteroatoms. The van der Waals surface area contributed by atoms with Crippen molar-refractivity contribution >= 4 is 5.69 Å². The van der Waals surface area contributed by atoms with Gasteiger partial charge in [-0.25, -0.2) is 0 Å². The average Bonchev–Trinajstić information content (AvgIpc) is 2.57. The summed E-state index contributed by atoms with van der Waals surface area (Å²) in [6.45, 7) is 0. The summed E-state index contributed by atoms with van der Waals surface area (Å²) in [4.78, 5) is 19.7. The number of anilines is 1. The van der Waals surface area contributed by atoms with Gasteiger partial charge in [0.1, 0.15) is 16.3 Å². The normalized spacial score (nSPS) is 16.5. The van der Waals surface area contributed by atoms with E-state index in [0.717, 1.165) is 0 Å². The van der Waals surface area contributed by atoms with Crippen LogP contribution in [0.1, 0.15) is 5.56 Å². The van der Waals surface area contributed by atoms with Gasteiger partial charge in [0.15, 0.2) is 0 Å². The number of para-hydroxylation sites is 1. The quantitative estimate of drug-likeness (QED) is 0.442. The van der Waals surface area contributed by atoms with Crippen molar-refractivity contribution in [1.29, 1.82) is 0 Å². The number of rotatable bonds is 2. The summed E-state index contributed by atoms with van der Waals surface area (Å²) in [7, 11) is 0. The summed E-state index contributed by atoms with van der Waals surface area (Å²) in [6.07, 6.45) is -0.233. The van der Waals surface area contributed by atoms with Crippen LogP contribution in [-0.4, -0.2) is 15.6 Å². The SMILES string of the molecule is O=[N+]([O-])C1([N+](=O)[O-])Cc2ccccc2N1. The van der Waals surface area contributed by atoms with Gasteiger partial charge in [-0.15, -0.1) is 0 Å². The van der Waals surface area contributed by atoms with Crippen molar-refractivity contribution in [2.24, 2.45) is 0 Å². The van der Waals surface area contributed by atoms with Gasteiger partial charge in [-0.05, 0) is 11.6 Å². The Kier molecular flexibility index (Phi) is 1.82. The molecular formula is C8H7N3O4. The minimum atomic E-state index is -2.30. The van der Waals surface area contributed by atoms with E-state index in [9.17, 15) is 20.2 Å². The van der Waals surface area contributed by atoms with Gasteiger partial charge >= 0.3 is 5.79 Å². The van der Waals surface area contributed by atoms with Crippen molar-refractivity contribution in [2.75, 3.05) is 5.32 Å². The van der Waals surface area contributed by atoms with Gasteiger partial charge in [-0.1, -0.05) is 18.2 Å². The third-order valence-corrected chi connectivity index (χ3v) is 2.39. The van der Waals surface area contributed by atoms with Gasteiger partial charge < -0.3 is 0 Å². The summed E-state index contributed by atoms with van der Waals surface area (Å²) in [5, 5.41) is 23.8. The Morgan fingerprint density at radius 3 is 2.33 bits per heavy atom. The van der Waals surface area contributed by atoms with Gasteiger partial charge in [-0.3, -0.25) is 25.5 Å². The Bertz CT molecular complexity index is 404. The average molecular weight is 209 g/mol. The summed E-state index contributed by atoms with van der Waals surface area (Å²) in [6, 6.07) is 6.58. The second kappa shape index (κ2) is 2.91. The van der Waals surface area contributed by atoms with Crippen molar-refractivity contribution < 1.29 is 9.85 Å². The van der Waals surface area contributed by atoms with Crippen LogP contribution in [0.25, 0.3) is 0 Å². The highest BCUT2D eigenvalue weighted by molar-refractivity contribution is 5.56. The van der Waals surface area contributed by atoms with Crippen LogP contribution in [0.5, 0.6) is 0 Å².